The van der Waals surface area contributed by atoms with Crippen molar-refractivity contribution in [3.05, 3.63) is 18.2 Å². The summed E-state index contributed by atoms with van der Waals surface area (Å²) in [7, 11) is 1.48. The molecule has 200 valence electrons. The van der Waals surface area contributed by atoms with E-state index in [1.54, 1.807) is 27.7 Å². The van der Waals surface area contributed by atoms with E-state index < -0.39 is 24.4 Å². The molecule has 3 aromatic rings. The minimum absolute atomic E-state index is 0.0793. The van der Waals surface area contributed by atoms with Crippen molar-refractivity contribution >= 4 is 29.0 Å². The van der Waals surface area contributed by atoms with Crippen molar-refractivity contribution in [1.29, 1.82) is 0 Å². The molecular formula is C23H29F3N8O3. The zero-order valence-electron chi connectivity index (χ0n) is 21.3. The van der Waals surface area contributed by atoms with Gasteiger partial charge in [0, 0.05) is 39.0 Å². The van der Waals surface area contributed by atoms with E-state index >= 15 is 0 Å². The van der Waals surface area contributed by atoms with Gasteiger partial charge in [0.1, 0.15) is 18.0 Å². The van der Waals surface area contributed by atoms with Crippen LogP contribution in [0.2, 0.25) is 0 Å². The summed E-state index contributed by atoms with van der Waals surface area (Å²) in [6, 6.07) is 0. The van der Waals surface area contributed by atoms with Gasteiger partial charge in [-0.25, -0.2) is 34.6 Å². The van der Waals surface area contributed by atoms with E-state index in [1.165, 1.54) is 19.4 Å². The van der Waals surface area contributed by atoms with Crippen LogP contribution in [0.15, 0.2) is 12.4 Å². The standard InChI is InChI=1S/C23H29F3N8O3/c1-6-15-29-16-18(33-7-9-36-10-8-33)30-17(31-19(16)34(15)13-23(24,25)26)14-11-27-20(28-12-14)32(5)21(35)37-22(2,3)4/h11-12H,6-10,13H2,1-5H3. The Morgan fingerprint density at radius 2 is 1.76 bits per heavy atom. The van der Waals surface area contributed by atoms with Gasteiger partial charge in [0.05, 0.1) is 18.8 Å². The van der Waals surface area contributed by atoms with E-state index in [0.29, 0.717) is 49.6 Å². The third-order valence-electron chi connectivity index (χ3n) is 5.48. The molecule has 0 atom stereocenters. The van der Waals surface area contributed by atoms with Gasteiger partial charge in [-0.15, -0.1) is 0 Å². The van der Waals surface area contributed by atoms with Gasteiger partial charge in [0.15, 0.2) is 22.8 Å². The molecule has 1 aliphatic rings. The van der Waals surface area contributed by atoms with Gasteiger partial charge in [0.2, 0.25) is 5.95 Å². The summed E-state index contributed by atoms with van der Waals surface area (Å²) >= 11 is 0. The Kier molecular flexibility index (Phi) is 7.22. The number of fused-ring (bicyclic) bond motifs is 1. The number of amides is 1. The van der Waals surface area contributed by atoms with E-state index in [-0.39, 0.29) is 23.2 Å². The lowest BCUT2D eigenvalue weighted by atomic mass is 10.2. The van der Waals surface area contributed by atoms with Gasteiger partial charge in [-0.05, 0) is 20.8 Å². The quantitative estimate of drug-likeness (QED) is 0.496. The van der Waals surface area contributed by atoms with Crippen molar-refractivity contribution in [3.63, 3.8) is 0 Å². The Morgan fingerprint density at radius 1 is 1.11 bits per heavy atom. The van der Waals surface area contributed by atoms with Crippen LogP contribution < -0.4 is 9.80 Å². The molecule has 0 aromatic carbocycles. The van der Waals surface area contributed by atoms with Gasteiger partial charge in [-0.2, -0.15) is 13.2 Å². The van der Waals surface area contributed by atoms with Crippen molar-refractivity contribution in [1.82, 2.24) is 29.5 Å². The number of imidazole rings is 1. The first-order valence-corrected chi connectivity index (χ1v) is 11.8. The number of anilines is 2. The maximum absolute atomic E-state index is 13.4. The molecule has 1 amide bonds. The molecule has 0 aliphatic carbocycles. The molecule has 0 spiro atoms. The van der Waals surface area contributed by atoms with Crippen molar-refractivity contribution in [3.8, 4) is 11.4 Å². The number of morpholine rings is 1. The molecule has 1 saturated heterocycles. The first kappa shape index (κ1) is 26.5. The van der Waals surface area contributed by atoms with E-state index in [2.05, 4.69) is 24.9 Å². The van der Waals surface area contributed by atoms with E-state index in [1.807, 2.05) is 4.90 Å². The lowest BCUT2D eigenvalue weighted by molar-refractivity contribution is -0.140. The molecule has 3 aromatic heterocycles. The lowest BCUT2D eigenvalue weighted by Gasteiger charge is -2.28. The summed E-state index contributed by atoms with van der Waals surface area (Å²) in [5.74, 6) is 0.919. The zero-order chi connectivity index (χ0) is 27.0. The number of alkyl halides is 3. The van der Waals surface area contributed by atoms with Crippen LogP contribution in [-0.2, 0) is 22.4 Å². The monoisotopic (exact) mass is 522 g/mol. The Morgan fingerprint density at radius 3 is 2.32 bits per heavy atom. The molecule has 0 N–H and O–H groups in total. The Labute approximate surface area is 211 Å². The second kappa shape index (κ2) is 10.1. The van der Waals surface area contributed by atoms with E-state index in [4.69, 9.17) is 9.47 Å². The Hall–Kier alpha value is -3.55. The fourth-order valence-electron chi connectivity index (χ4n) is 3.79. The van der Waals surface area contributed by atoms with Crippen molar-refractivity contribution < 1.29 is 27.4 Å². The number of hydrogen-bond donors (Lipinski definition) is 0. The second-order valence-electron chi connectivity index (χ2n) is 9.54. The normalized spacial score (nSPS) is 14.8. The maximum Gasteiger partial charge on any atom is 0.416 e. The fraction of sp³-hybridized carbons (Fsp3) is 0.565. The molecule has 0 saturated carbocycles. The van der Waals surface area contributed by atoms with Crippen LogP contribution in [0.4, 0.5) is 29.7 Å². The second-order valence-corrected chi connectivity index (χ2v) is 9.54. The average molecular weight is 523 g/mol. The molecule has 0 radical (unpaired) electrons. The van der Waals surface area contributed by atoms with Crippen molar-refractivity contribution in [2.24, 2.45) is 0 Å². The van der Waals surface area contributed by atoms with Crippen LogP contribution in [0.3, 0.4) is 0 Å². The number of aromatic nitrogens is 6. The molecule has 0 unspecified atom stereocenters. The number of carbonyl (C=O) groups is 1. The minimum Gasteiger partial charge on any atom is -0.443 e. The Balaban J connectivity index is 1.77. The topological polar surface area (TPSA) is 111 Å². The maximum atomic E-state index is 13.4. The SMILES string of the molecule is CCc1nc2c(N3CCOCC3)nc(-c3cnc(N(C)C(=O)OC(C)(C)C)nc3)nc2n1CC(F)(F)F. The molecule has 0 bridgehead atoms. The predicted molar refractivity (Wildman–Crippen MR) is 129 cm³/mol. The molecule has 1 aliphatic heterocycles. The van der Waals surface area contributed by atoms with Crippen molar-refractivity contribution in [2.75, 3.05) is 43.2 Å². The summed E-state index contributed by atoms with van der Waals surface area (Å²) in [6.07, 6.45) is -1.97. The van der Waals surface area contributed by atoms with Crippen LogP contribution in [0.5, 0.6) is 0 Å². The summed E-state index contributed by atoms with van der Waals surface area (Å²) in [6.45, 7) is 7.69. The first-order chi connectivity index (χ1) is 17.4. The highest BCUT2D eigenvalue weighted by Crippen LogP contribution is 2.31. The molecule has 1 fully saturated rings. The van der Waals surface area contributed by atoms with Crippen LogP contribution in [-0.4, -0.2) is 80.7 Å². The molecule has 14 heteroatoms. The number of nitrogens with zero attached hydrogens (tertiary/aromatic N) is 8. The van der Waals surface area contributed by atoms with E-state index in [9.17, 15) is 18.0 Å². The van der Waals surface area contributed by atoms with E-state index in [0.717, 1.165) is 9.47 Å². The third kappa shape index (κ3) is 6.06. The molecule has 11 nitrogen and oxygen atoms in total. The molecule has 4 heterocycles. The number of ether oxygens (including phenoxy) is 2. The van der Waals surface area contributed by atoms with Crippen LogP contribution in [0.25, 0.3) is 22.6 Å². The van der Waals surface area contributed by atoms with Crippen LogP contribution >= 0.6 is 0 Å². The average Bonchev–Trinajstić information content (AvgIpc) is 3.18. The van der Waals surface area contributed by atoms with Gasteiger partial charge >= 0.3 is 12.3 Å². The summed E-state index contributed by atoms with van der Waals surface area (Å²) in [5.41, 5.74) is 0.0568. The van der Waals surface area contributed by atoms with Gasteiger partial charge < -0.3 is 18.9 Å². The number of hydrogen-bond acceptors (Lipinski definition) is 9. The fourth-order valence-corrected chi connectivity index (χ4v) is 3.79. The summed E-state index contributed by atoms with van der Waals surface area (Å²) in [5, 5.41) is 0. The third-order valence-corrected chi connectivity index (χ3v) is 5.48. The Bertz CT molecular complexity index is 1270. The first-order valence-electron chi connectivity index (χ1n) is 11.8. The molecular weight excluding hydrogens is 493 g/mol. The number of halogens is 3. The summed E-state index contributed by atoms with van der Waals surface area (Å²) in [4.78, 5) is 37.5. The highest BCUT2D eigenvalue weighted by molar-refractivity contribution is 5.87. The highest BCUT2D eigenvalue weighted by atomic mass is 19.4. The zero-order valence-corrected chi connectivity index (χ0v) is 21.3. The number of carbonyl (C=O) groups excluding carboxylic acids is 1. The molecule has 37 heavy (non-hydrogen) atoms. The largest absolute Gasteiger partial charge is 0.443 e. The van der Waals surface area contributed by atoms with Gasteiger partial charge in [-0.1, -0.05) is 6.92 Å². The smallest absolute Gasteiger partial charge is 0.416 e. The predicted octanol–water partition coefficient (Wildman–Crippen LogP) is 3.62. The van der Waals surface area contributed by atoms with Crippen molar-refractivity contribution in [2.45, 2.75) is 52.4 Å². The number of rotatable bonds is 5. The number of aryl methyl sites for hydroxylation is 1. The van der Waals surface area contributed by atoms with Gasteiger partial charge in [-0.3, -0.25) is 0 Å². The summed E-state index contributed by atoms with van der Waals surface area (Å²) < 4.78 is 52.2. The lowest BCUT2D eigenvalue weighted by Crippen LogP contribution is -2.37. The highest BCUT2D eigenvalue weighted by Gasteiger charge is 2.32. The van der Waals surface area contributed by atoms with Gasteiger partial charge in [0.25, 0.3) is 0 Å². The van der Waals surface area contributed by atoms with Crippen LogP contribution in [0.1, 0.15) is 33.5 Å². The van der Waals surface area contributed by atoms with Crippen LogP contribution in [0, 0.1) is 0 Å². The molecule has 4 rings (SSSR count). The minimum atomic E-state index is -4.46.